The number of amides is 1. The zero-order valence-corrected chi connectivity index (χ0v) is 10.1. The van der Waals surface area contributed by atoms with Gasteiger partial charge in [-0.2, -0.15) is 5.26 Å². The Labute approximate surface area is 94.1 Å². The highest BCUT2D eigenvalue weighted by molar-refractivity contribution is 9.11. The summed E-state index contributed by atoms with van der Waals surface area (Å²) in [6, 6.07) is 1.92. The van der Waals surface area contributed by atoms with E-state index in [2.05, 4.69) is 26.2 Å². The third kappa shape index (κ3) is 2.53. The lowest BCUT2D eigenvalue weighted by Gasteiger charge is -2.12. The Hall–Kier alpha value is -0.930. The molecule has 0 spiro atoms. The molecule has 1 heterocycles. The van der Waals surface area contributed by atoms with Gasteiger partial charge in [-0.3, -0.25) is 4.79 Å². The number of carbonyl (C=O) groups is 1. The van der Waals surface area contributed by atoms with Gasteiger partial charge in [0.15, 0.2) is 5.13 Å². The van der Waals surface area contributed by atoms with Gasteiger partial charge in [0.05, 0.1) is 16.1 Å². The number of nitrogens with one attached hydrogen (secondary N) is 1. The molecule has 1 amide bonds. The van der Waals surface area contributed by atoms with E-state index in [-0.39, 0.29) is 5.91 Å². The average molecular weight is 274 g/mol. The molecule has 4 nitrogen and oxygen atoms in total. The van der Waals surface area contributed by atoms with Crippen LogP contribution in [0.4, 0.5) is 5.13 Å². The van der Waals surface area contributed by atoms with Crippen LogP contribution in [0, 0.1) is 16.7 Å². The summed E-state index contributed by atoms with van der Waals surface area (Å²) >= 11 is 4.54. The lowest BCUT2D eigenvalue weighted by atomic mass is 9.95. The molecule has 1 N–H and O–H groups in total. The molecule has 0 saturated heterocycles. The molecule has 0 radical (unpaired) electrons. The van der Waals surface area contributed by atoms with Crippen molar-refractivity contribution in [2.24, 2.45) is 5.41 Å². The summed E-state index contributed by atoms with van der Waals surface area (Å²) in [4.78, 5) is 15.4. The van der Waals surface area contributed by atoms with E-state index < -0.39 is 5.41 Å². The molecule has 1 aromatic rings. The largest absolute Gasteiger partial charge is 0.301 e. The molecule has 1 aromatic heterocycles. The fraction of sp³-hybridized carbons (Fsp3) is 0.375. The summed E-state index contributed by atoms with van der Waals surface area (Å²) in [5, 5.41) is 11.8. The predicted molar refractivity (Wildman–Crippen MR) is 57.8 cm³/mol. The summed E-state index contributed by atoms with van der Waals surface area (Å²) < 4.78 is 0.836. The van der Waals surface area contributed by atoms with Crippen LogP contribution in [0.1, 0.15) is 13.8 Å². The predicted octanol–water partition coefficient (Wildman–Crippen LogP) is 2.39. The Morgan fingerprint density at radius 3 is 2.86 bits per heavy atom. The van der Waals surface area contributed by atoms with E-state index in [9.17, 15) is 4.79 Å². The normalized spacial score (nSPS) is 10.7. The SMILES string of the molecule is CC(C)(C#N)C(=O)Nc1ncc(Br)s1. The van der Waals surface area contributed by atoms with Crippen LogP contribution >= 0.6 is 27.3 Å². The summed E-state index contributed by atoms with van der Waals surface area (Å²) in [5.41, 5.74) is -1.03. The molecule has 0 aliphatic carbocycles. The summed E-state index contributed by atoms with van der Waals surface area (Å²) in [5.74, 6) is -0.346. The first-order valence-electron chi connectivity index (χ1n) is 3.80. The van der Waals surface area contributed by atoms with Crippen LogP contribution in [-0.2, 0) is 4.79 Å². The Bertz CT molecular complexity index is 394. The van der Waals surface area contributed by atoms with Gasteiger partial charge in [0.25, 0.3) is 0 Å². The fourth-order valence-electron chi connectivity index (χ4n) is 0.616. The number of thiazole rings is 1. The van der Waals surface area contributed by atoms with Crippen molar-refractivity contribution in [3.63, 3.8) is 0 Å². The van der Waals surface area contributed by atoms with E-state index in [0.29, 0.717) is 5.13 Å². The van der Waals surface area contributed by atoms with Crippen molar-refractivity contribution in [3.05, 3.63) is 9.98 Å². The molecule has 0 fully saturated rings. The maximum atomic E-state index is 11.5. The fourth-order valence-corrected chi connectivity index (χ4v) is 1.72. The summed E-state index contributed by atoms with van der Waals surface area (Å²) in [6.45, 7) is 3.12. The smallest absolute Gasteiger partial charge is 0.246 e. The summed E-state index contributed by atoms with van der Waals surface area (Å²) in [7, 11) is 0. The van der Waals surface area contributed by atoms with Crippen molar-refractivity contribution in [2.45, 2.75) is 13.8 Å². The Balaban J connectivity index is 2.72. The Morgan fingerprint density at radius 1 is 1.79 bits per heavy atom. The second kappa shape index (κ2) is 4.07. The zero-order valence-electron chi connectivity index (χ0n) is 7.67. The number of carbonyl (C=O) groups excluding carboxylic acids is 1. The monoisotopic (exact) mass is 273 g/mol. The van der Waals surface area contributed by atoms with E-state index in [4.69, 9.17) is 5.26 Å². The van der Waals surface area contributed by atoms with Crippen molar-refractivity contribution in [1.29, 1.82) is 5.26 Å². The highest BCUT2D eigenvalue weighted by atomic mass is 79.9. The highest BCUT2D eigenvalue weighted by Gasteiger charge is 2.27. The molecule has 74 valence electrons. The first-order chi connectivity index (χ1) is 6.45. The van der Waals surface area contributed by atoms with Gasteiger partial charge in [0.1, 0.15) is 5.41 Å². The van der Waals surface area contributed by atoms with Crippen LogP contribution in [0.15, 0.2) is 9.98 Å². The van der Waals surface area contributed by atoms with E-state index in [1.165, 1.54) is 11.3 Å². The van der Waals surface area contributed by atoms with E-state index in [0.717, 1.165) is 3.79 Å². The lowest BCUT2D eigenvalue weighted by Crippen LogP contribution is -2.29. The van der Waals surface area contributed by atoms with Gasteiger partial charge in [0, 0.05) is 0 Å². The van der Waals surface area contributed by atoms with Crippen LogP contribution in [0.3, 0.4) is 0 Å². The van der Waals surface area contributed by atoms with E-state index in [1.807, 2.05) is 6.07 Å². The van der Waals surface area contributed by atoms with E-state index >= 15 is 0 Å². The third-order valence-electron chi connectivity index (χ3n) is 1.55. The molecule has 0 unspecified atom stereocenters. The molecule has 0 atom stereocenters. The second-order valence-corrected chi connectivity index (χ2v) is 5.57. The number of hydrogen-bond acceptors (Lipinski definition) is 4. The maximum Gasteiger partial charge on any atom is 0.246 e. The van der Waals surface area contributed by atoms with Crippen molar-refractivity contribution in [1.82, 2.24) is 4.98 Å². The number of anilines is 1. The number of halogens is 1. The number of hydrogen-bond donors (Lipinski definition) is 1. The first-order valence-corrected chi connectivity index (χ1v) is 5.40. The van der Waals surface area contributed by atoms with Crippen LogP contribution in [0.5, 0.6) is 0 Å². The molecule has 0 saturated carbocycles. The van der Waals surface area contributed by atoms with Crippen molar-refractivity contribution in [2.75, 3.05) is 5.32 Å². The average Bonchev–Trinajstić information content (AvgIpc) is 2.51. The van der Waals surface area contributed by atoms with Gasteiger partial charge < -0.3 is 5.32 Å². The number of aromatic nitrogens is 1. The molecule has 1 rings (SSSR count). The third-order valence-corrected chi connectivity index (χ3v) is 2.94. The zero-order chi connectivity index (χ0) is 10.8. The minimum absolute atomic E-state index is 0.346. The number of nitrogens with zero attached hydrogens (tertiary/aromatic N) is 2. The van der Waals surface area contributed by atoms with Gasteiger partial charge >= 0.3 is 0 Å². The first kappa shape index (κ1) is 11.1. The summed E-state index contributed by atoms with van der Waals surface area (Å²) in [6.07, 6.45) is 1.60. The second-order valence-electron chi connectivity index (χ2n) is 3.16. The van der Waals surface area contributed by atoms with Crippen molar-refractivity contribution >= 4 is 38.3 Å². The van der Waals surface area contributed by atoms with Crippen LogP contribution in [0.2, 0.25) is 0 Å². The minimum atomic E-state index is -1.03. The van der Waals surface area contributed by atoms with E-state index in [1.54, 1.807) is 20.0 Å². The van der Waals surface area contributed by atoms with Crippen LogP contribution < -0.4 is 5.32 Å². The highest BCUT2D eigenvalue weighted by Crippen LogP contribution is 2.25. The van der Waals surface area contributed by atoms with Crippen LogP contribution in [-0.4, -0.2) is 10.9 Å². The molecular weight excluding hydrogens is 266 g/mol. The van der Waals surface area contributed by atoms with Crippen LogP contribution in [0.25, 0.3) is 0 Å². The topological polar surface area (TPSA) is 65.8 Å². The Kier molecular flexibility index (Phi) is 3.24. The molecule has 6 heteroatoms. The molecule has 0 aliphatic heterocycles. The van der Waals surface area contributed by atoms with Gasteiger partial charge in [-0.15, -0.1) is 0 Å². The van der Waals surface area contributed by atoms with Crippen molar-refractivity contribution < 1.29 is 4.79 Å². The minimum Gasteiger partial charge on any atom is -0.301 e. The van der Waals surface area contributed by atoms with Gasteiger partial charge in [0.2, 0.25) is 5.91 Å². The standard InChI is InChI=1S/C8H8BrN3OS/c1-8(2,4-10)6(13)12-7-11-3-5(9)14-7/h3H,1-2H3,(H,11,12,13). The van der Waals surface area contributed by atoms with Crippen molar-refractivity contribution in [3.8, 4) is 6.07 Å². The van der Waals surface area contributed by atoms with Gasteiger partial charge in [-0.25, -0.2) is 4.98 Å². The molecule has 0 aliphatic rings. The number of rotatable bonds is 2. The lowest BCUT2D eigenvalue weighted by molar-refractivity contribution is -0.121. The molecule has 0 aromatic carbocycles. The molecule has 0 bridgehead atoms. The maximum absolute atomic E-state index is 11.5. The Morgan fingerprint density at radius 2 is 2.43 bits per heavy atom. The number of nitriles is 1. The molecular formula is C8H8BrN3OS. The quantitative estimate of drug-likeness (QED) is 0.900. The van der Waals surface area contributed by atoms with Gasteiger partial charge in [-0.05, 0) is 29.8 Å². The van der Waals surface area contributed by atoms with Gasteiger partial charge in [-0.1, -0.05) is 11.3 Å². The molecule has 14 heavy (non-hydrogen) atoms.